The number of hydrogen-bond acceptors (Lipinski definition) is 3. The third-order valence-electron chi connectivity index (χ3n) is 4.63. The Morgan fingerprint density at radius 2 is 1.07 bits per heavy atom. The molecule has 0 bridgehead atoms. The summed E-state index contributed by atoms with van der Waals surface area (Å²) in [6, 6.07) is 12.9. The Morgan fingerprint density at radius 1 is 0.679 bits per heavy atom. The van der Waals surface area contributed by atoms with E-state index >= 15 is 0 Å². The van der Waals surface area contributed by atoms with Crippen LogP contribution >= 0.6 is 0 Å². The molecular weight excluding hydrogens is 380 g/mol. The molecule has 0 aliphatic carbocycles. The molecule has 0 aromatic heterocycles. The van der Waals surface area contributed by atoms with Gasteiger partial charge in [-0.3, -0.25) is 0 Å². The van der Waals surface area contributed by atoms with Gasteiger partial charge in [-0.05, 0) is 37.1 Å². The molecule has 150 valence electrons. The zero-order chi connectivity index (χ0) is 20.7. The number of rotatable bonds is 0. The minimum absolute atomic E-state index is 0.0767. The van der Waals surface area contributed by atoms with E-state index in [1.54, 1.807) is 0 Å². The molecule has 2 radical (unpaired) electrons. The largest absolute Gasteiger partial charge is 0.519 e. The smallest absolute Gasteiger partial charge is 0.455 e. The van der Waals surface area contributed by atoms with Gasteiger partial charge in [-0.25, -0.2) is 0 Å². The zero-order valence-corrected chi connectivity index (χ0v) is 20.4. The topological polar surface area (TPSA) is 27.7 Å². The van der Waals surface area contributed by atoms with E-state index in [0.29, 0.717) is 0 Å². The highest BCUT2D eigenvalue weighted by Crippen LogP contribution is 2.39. The van der Waals surface area contributed by atoms with Crippen molar-refractivity contribution in [1.82, 2.24) is 0 Å². The van der Waals surface area contributed by atoms with Gasteiger partial charge in [0.15, 0.2) is 0 Å². The maximum atomic E-state index is 6.69. The van der Waals surface area contributed by atoms with Crippen molar-refractivity contribution in [2.45, 2.75) is 71.9 Å². The van der Waals surface area contributed by atoms with E-state index in [-0.39, 0.29) is 10.1 Å². The average Bonchev–Trinajstić information content (AvgIpc) is 2.55. The van der Waals surface area contributed by atoms with Crippen molar-refractivity contribution in [3.05, 3.63) is 58.7 Å². The number of hydrogen-bond donors (Lipinski definition) is 0. The summed E-state index contributed by atoms with van der Waals surface area (Å²) in [5.41, 5.74) is 4.85. The van der Waals surface area contributed by atoms with Crippen LogP contribution < -0.4 is 8.85 Å². The van der Waals surface area contributed by atoms with E-state index in [4.69, 9.17) is 13.0 Å². The van der Waals surface area contributed by atoms with Crippen LogP contribution in [0.3, 0.4) is 0 Å². The highest BCUT2D eigenvalue weighted by Gasteiger charge is 2.44. The summed E-state index contributed by atoms with van der Waals surface area (Å²) in [6.07, 6.45) is 0.798. The maximum Gasteiger partial charge on any atom is 0.455 e. The zero-order valence-electron chi connectivity index (χ0n) is 18.4. The first-order valence-corrected chi connectivity index (χ1v) is 12.5. The maximum absolute atomic E-state index is 6.69. The van der Waals surface area contributed by atoms with Crippen molar-refractivity contribution in [2.24, 2.45) is 0 Å². The molecule has 1 aliphatic rings. The lowest BCUT2D eigenvalue weighted by molar-refractivity contribution is 0.312. The Bertz CT molecular complexity index is 780. The molecule has 2 aromatic carbocycles. The van der Waals surface area contributed by atoms with Gasteiger partial charge in [0.25, 0.3) is 0 Å². The van der Waals surface area contributed by atoms with Gasteiger partial charge < -0.3 is 13.0 Å². The molecule has 2 aromatic rings. The first kappa shape index (κ1) is 21.2. The van der Waals surface area contributed by atoms with Crippen molar-refractivity contribution in [2.75, 3.05) is 0 Å². The van der Waals surface area contributed by atoms with Crippen molar-refractivity contribution < 1.29 is 13.0 Å². The standard InChI is InChI=1S/C23H32O3Si2/c1-16-9-11-20-18(13-16)15-19-14-17(2)10-12-21(19)25-28(23(6,7)8)26-27(24-20)22(3,4)5/h9-14H,15H2,1-8H3. The first-order chi connectivity index (χ1) is 12.9. The Labute approximate surface area is 173 Å². The molecule has 0 saturated heterocycles. The summed E-state index contributed by atoms with van der Waals surface area (Å²) in [5.74, 6) is 1.89. The summed E-state index contributed by atoms with van der Waals surface area (Å²) >= 11 is 0. The number of benzene rings is 2. The van der Waals surface area contributed by atoms with Crippen LogP contribution in [0, 0.1) is 13.8 Å². The van der Waals surface area contributed by atoms with Crippen LogP contribution in [0.2, 0.25) is 10.1 Å². The second-order valence-corrected chi connectivity index (χ2v) is 15.2. The minimum Gasteiger partial charge on any atom is -0.519 e. The minimum atomic E-state index is -1.61. The number of fused-ring (bicyclic) bond motifs is 2. The second-order valence-electron chi connectivity index (χ2n) is 9.78. The Morgan fingerprint density at radius 3 is 1.43 bits per heavy atom. The van der Waals surface area contributed by atoms with Crippen LogP contribution in [-0.2, 0) is 10.5 Å². The molecule has 0 fully saturated rings. The Kier molecular flexibility index (Phi) is 5.81. The molecule has 0 amide bonds. The Balaban J connectivity index is 2.15. The van der Waals surface area contributed by atoms with E-state index in [0.717, 1.165) is 17.9 Å². The van der Waals surface area contributed by atoms with Crippen molar-refractivity contribution in [1.29, 1.82) is 0 Å². The Hall–Kier alpha value is -1.57. The molecule has 0 N–H and O–H groups in total. The molecule has 1 aliphatic heterocycles. The van der Waals surface area contributed by atoms with Gasteiger partial charge in [-0.1, -0.05) is 76.9 Å². The van der Waals surface area contributed by atoms with E-state index in [2.05, 4.69) is 91.8 Å². The summed E-state index contributed by atoms with van der Waals surface area (Å²) in [7, 11) is -3.21. The van der Waals surface area contributed by atoms with Crippen molar-refractivity contribution in [3.8, 4) is 11.5 Å². The summed E-state index contributed by atoms with van der Waals surface area (Å²) in [5, 5.41) is -0.153. The lowest BCUT2D eigenvalue weighted by atomic mass is 10.00. The van der Waals surface area contributed by atoms with Gasteiger partial charge in [0.05, 0.1) is 0 Å². The molecule has 0 unspecified atom stereocenters. The lowest BCUT2D eigenvalue weighted by Gasteiger charge is -2.35. The fraction of sp³-hybridized carbons (Fsp3) is 0.478. The van der Waals surface area contributed by atoms with Crippen LogP contribution in [0.4, 0.5) is 0 Å². The van der Waals surface area contributed by atoms with E-state index in [1.165, 1.54) is 22.3 Å². The SMILES string of the molecule is Cc1ccc2c(c1)Cc1cc(C)ccc1O[Si](C(C)(C)C)O[Si](C(C)(C)C)O2. The monoisotopic (exact) mass is 412 g/mol. The molecule has 0 atom stereocenters. The van der Waals surface area contributed by atoms with Crippen LogP contribution in [0.15, 0.2) is 36.4 Å². The summed E-state index contributed by atoms with van der Waals surface area (Å²) in [6.45, 7) is 17.4. The highest BCUT2D eigenvalue weighted by molar-refractivity contribution is 6.63. The fourth-order valence-corrected chi connectivity index (χ4v) is 7.90. The molecule has 0 saturated carbocycles. The second kappa shape index (κ2) is 7.69. The summed E-state index contributed by atoms with van der Waals surface area (Å²) < 4.78 is 19.9. The van der Waals surface area contributed by atoms with E-state index in [1.807, 2.05) is 0 Å². The number of aryl methyl sites for hydroxylation is 2. The molecule has 1 heterocycles. The third kappa shape index (κ3) is 4.88. The fourth-order valence-electron chi connectivity index (χ4n) is 3.04. The van der Waals surface area contributed by atoms with Gasteiger partial charge in [0, 0.05) is 16.5 Å². The highest BCUT2D eigenvalue weighted by atomic mass is 28.4. The molecule has 5 heteroatoms. The molecule has 3 nitrogen and oxygen atoms in total. The lowest BCUT2D eigenvalue weighted by Crippen LogP contribution is -2.47. The average molecular weight is 413 g/mol. The van der Waals surface area contributed by atoms with Gasteiger partial charge in [-0.2, -0.15) is 0 Å². The van der Waals surface area contributed by atoms with Gasteiger partial charge in [-0.15, -0.1) is 0 Å². The third-order valence-corrected chi connectivity index (χ3v) is 9.37. The van der Waals surface area contributed by atoms with Crippen molar-refractivity contribution in [3.63, 3.8) is 0 Å². The van der Waals surface area contributed by atoms with Gasteiger partial charge in [0.2, 0.25) is 0 Å². The normalized spacial score (nSPS) is 16.6. The quantitative estimate of drug-likeness (QED) is 0.478. The van der Waals surface area contributed by atoms with E-state index < -0.39 is 18.6 Å². The van der Waals surface area contributed by atoms with Crippen LogP contribution in [0.5, 0.6) is 11.5 Å². The van der Waals surface area contributed by atoms with Crippen LogP contribution in [-0.4, -0.2) is 18.6 Å². The predicted octanol–water partition coefficient (Wildman–Crippen LogP) is 6.26. The molecular formula is C23H32O3Si2. The molecule has 3 rings (SSSR count). The van der Waals surface area contributed by atoms with Gasteiger partial charge >= 0.3 is 18.6 Å². The first-order valence-electron chi connectivity index (χ1n) is 9.91. The molecule has 0 spiro atoms. The predicted molar refractivity (Wildman–Crippen MR) is 118 cm³/mol. The van der Waals surface area contributed by atoms with Crippen LogP contribution in [0.25, 0.3) is 0 Å². The van der Waals surface area contributed by atoms with Crippen LogP contribution in [0.1, 0.15) is 63.8 Å². The summed E-state index contributed by atoms with van der Waals surface area (Å²) in [4.78, 5) is 0. The van der Waals surface area contributed by atoms with Gasteiger partial charge in [0.1, 0.15) is 11.5 Å². The van der Waals surface area contributed by atoms with E-state index in [9.17, 15) is 0 Å². The molecule has 28 heavy (non-hydrogen) atoms. The van der Waals surface area contributed by atoms with Crippen molar-refractivity contribution >= 4 is 18.6 Å².